The predicted octanol–water partition coefficient (Wildman–Crippen LogP) is 3.98. The zero-order valence-electron chi connectivity index (χ0n) is 16.2. The fraction of sp³-hybridized carbons (Fsp3) is 0.409. The second kappa shape index (κ2) is 8.33. The molecule has 144 valence electrons. The molecule has 1 saturated heterocycles. The lowest BCUT2D eigenvalue weighted by Crippen LogP contribution is -2.32. The molecule has 1 atom stereocenters. The zero-order valence-corrected chi connectivity index (χ0v) is 16.2. The van der Waals surface area contributed by atoms with Crippen molar-refractivity contribution in [1.29, 1.82) is 0 Å². The van der Waals surface area contributed by atoms with E-state index in [0.29, 0.717) is 11.7 Å². The Morgan fingerprint density at radius 3 is 2.44 bits per heavy atom. The Morgan fingerprint density at radius 2 is 1.85 bits per heavy atom. The molecule has 1 aliphatic heterocycles. The number of methoxy groups -OCH3 is 1. The van der Waals surface area contributed by atoms with Gasteiger partial charge in [0.05, 0.1) is 13.2 Å². The number of hydrogen-bond donors (Lipinski definition) is 2. The van der Waals surface area contributed by atoms with E-state index in [9.17, 15) is 9.90 Å². The summed E-state index contributed by atoms with van der Waals surface area (Å²) in [4.78, 5) is 13.5. The molecular formula is C22H28N2O3. The summed E-state index contributed by atoms with van der Waals surface area (Å²) < 4.78 is 5.22. The van der Waals surface area contributed by atoms with Crippen molar-refractivity contribution >= 4 is 11.6 Å². The van der Waals surface area contributed by atoms with Crippen LogP contribution in [0.1, 0.15) is 49.8 Å². The van der Waals surface area contributed by atoms with Gasteiger partial charge in [0.15, 0.2) is 11.5 Å². The highest BCUT2D eigenvalue weighted by Crippen LogP contribution is 2.34. The third-order valence-electron chi connectivity index (χ3n) is 5.35. The van der Waals surface area contributed by atoms with E-state index in [0.717, 1.165) is 37.2 Å². The number of anilines is 1. The number of carbonyl (C=O) groups is 1. The van der Waals surface area contributed by atoms with E-state index < -0.39 is 0 Å². The summed E-state index contributed by atoms with van der Waals surface area (Å²) in [6, 6.07) is 14.2. The summed E-state index contributed by atoms with van der Waals surface area (Å²) in [7, 11) is 1.57. The fourth-order valence-corrected chi connectivity index (χ4v) is 3.78. The average molecular weight is 368 g/mol. The van der Waals surface area contributed by atoms with Crippen molar-refractivity contribution < 1.29 is 14.6 Å². The molecule has 0 aromatic heterocycles. The number of nitrogens with one attached hydrogen (secondary N) is 1. The van der Waals surface area contributed by atoms with Gasteiger partial charge in [-0.1, -0.05) is 24.3 Å². The molecule has 1 fully saturated rings. The van der Waals surface area contributed by atoms with Crippen LogP contribution in [0.5, 0.6) is 11.5 Å². The number of hydrogen-bond acceptors (Lipinski definition) is 4. The minimum Gasteiger partial charge on any atom is -0.504 e. The molecule has 2 aromatic rings. The van der Waals surface area contributed by atoms with Gasteiger partial charge in [-0.3, -0.25) is 4.79 Å². The molecule has 5 heteroatoms. The van der Waals surface area contributed by atoms with E-state index in [2.05, 4.69) is 34.5 Å². The van der Waals surface area contributed by atoms with E-state index in [4.69, 9.17) is 4.74 Å². The van der Waals surface area contributed by atoms with Gasteiger partial charge in [-0.2, -0.15) is 0 Å². The standard InChI is InChI=1S/C22H28N2O3/c1-15(23-16(2)25)17-4-6-18(7-5-17)19-10-12-24(13-11-19)20-8-9-21(26)22(14-20)27-3/h4-9,14-15,19,26H,10-13H2,1-3H3,(H,23,25)/t15-/m0/s1. The summed E-state index contributed by atoms with van der Waals surface area (Å²) >= 11 is 0. The topological polar surface area (TPSA) is 61.8 Å². The summed E-state index contributed by atoms with van der Waals surface area (Å²) in [6.45, 7) is 5.49. The average Bonchev–Trinajstić information content (AvgIpc) is 2.68. The number of aromatic hydroxyl groups is 1. The van der Waals surface area contributed by atoms with Crippen molar-refractivity contribution in [1.82, 2.24) is 5.32 Å². The Hall–Kier alpha value is -2.69. The highest BCUT2D eigenvalue weighted by molar-refractivity contribution is 5.73. The SMILES string of the molecule is COc1cc(N2CCC(c3ccc([C@H](C)NC(C)=O)cc3)CC2)ccc1O. The van der Waals surface area contributed by atoms with Crippen LogP contribution in [0.4, 0.5) is 5.69 Å². The first-order chi connectivity index (χ1) is 13.0. The van der Waals surface area contributed by atoms with Crippen molar-refractivity contribution in [3.63, 3.8) is 0 Å². The molecule has 2 N–H and O–H groups in total. The second-order valence-electron chi connectivity index (χ2n) is 7.21. The maximum absolute atomic E-state index is 11.2. The van der Waals surface area contributed by atoms with Crippen molar-refractivity contribution in [2.75, 3.05) is 25.1 Å². The van der Waals surface area contributed by atoms with Gasteiger partial charge < -0.3 is 20.1 Å². The van der Waals surface area contributed by atoms with Gasteiger partial charge >= 0.3 is 0 Å². The normalized spacial score (nSPS) is 16.0. The zero-order chi connectivity index (χ0) is 19.4. The van der Waals surface area contributed by atoms with E-state index in [1.807, 2.05) is 19.1 Å². The van der Waals surface area contributed by atoms with Crippen molar-refractivity contribution in [3.05, 3.63) is 53.6 Å². The van der Waals surface area contributed by atoms with E-state index in [1.54, 1.807) is 20.1 Å². The molecule has 0 bridgehead atoms. The van der Waals surface area contributed by atoms with Gasteiger partial charge in [-0.25, -0.2) is 0 Å². The van der Waals surface area contributed by atoms with Crippen molar-refractivity contribution in [3.8, 4) is 11.5 Å². The molecule has 27 heavy (non-hydrogen) atoms. The second-order valence-corrected chi connectivity index (χ2v) is 7.21. The molecule has 0 aliphatic carbocycles. The van der Waals surface area contributed by atoms with E-state index in [-0.39, 0.29) is 17.7 Å². The van der Waals surface area contributed by atoms with Crippen LogP contribution < -0.4 is 15.0 Å². The molecule has 1 heterocycles. The summed E-state index contributed by atoms with van der Waals surface area (Å²) in [5, 5.41) is 12.7. The molecular weight excluding hydrogens is 340 g/mol. The number of phenolic OH excluding ortho intramolecular Hbond substituents is 1. The Kier molecular flexibility index (Phi) is 5.89. The summed E-state index contributed by atoms with van der Waals surface area (Å²) in [5.74, 6) is 1.22. The third-order valence-corrected chi connectivity index (χ3v) is 5.35. The quantitative estimate of drug-likeness (QED) is 0.838. The molecule has 1 amide bonds. The maximum Gasteiger partial charge on any atom is 0.217 e. The number of phenols is 1. The molecule has 2 aromatic carbocycles. The van der Waals surface area contributed by atoms with Crippen molar-refractivity contribution in [2.45, 2.75) is 38.6 Å². The molecule has 3 rings (SSSR count). The lowest BCUT2D eigenvalue weighted by molar-refractivity contribution is -0.119. The van der Waals surface area contributed by atoms with Crippen molar-refractivity contribution in [2.24, 2.45) is 0 Å². The Labute approximate surface area is 161 Å². The number of piperidine rings is 1. The predicted molar refractivity (Wildman–Crippen MR) is 108 cm³/mol. The van der Waals surface area contributed by atoms with Crippen LogP contribution in [-0.4, -0.2) is 31.2 Å². The Morgan fingerprint density at radius 1 is 1.19 bits per heavy atom. The lowest BCUT2D eigenvalue weighted by atomic mass is 9.88. The smallest absolute Gasteiger partial charge is 0.217 e. The molecule has 5 nitrogen and oxygen atoms in total. The van der Waals surface area contributed by atoms with Gasteiger partial charge in [0.2, 0.25) is 5.91 Å². The molecule has 0 unspecified atom stereocenters. The van der Waals surface area contributed by atoms with Crippen LogP contribution in [0.2, 0.25) is 0 Å². The van der Waals surface area contributed by atoms with Gasteiger partial charge in [-0.05, 0) is 48.9 Å². The van der Waals surface area contributed by atoms with Gasteiger partial charge in [0.25, 0.3) is 0 Å². The minimum atomic E-state index is -0.00944. The fourth-order valence-electron chi connectivity index (χ4n) is 3.78. The van der Waals surface area contributed by atoms with Crippen LogP contribution in [0.15, 0.2) is 42.5 Å². The third kappa shape index (κ3) is 4.54. The first-order valence-electron chi connectivity index (χ1n) is 9.47. The van der Waals surface area contributed by atoms with Crippen LogP contribution in [0, 0.1) is 0 Å². The molecule has 0 saturated carbocycles. The number of amides is 1. The van der Waals surface area contributed by atoms with E-state index in [1.165, 1.54) is 5.56 Å². The molecule has 0 radical (unpaired) electrons. The summed E-state index contributed by atoms with van der Waals surface area (Å²) in [5.41, 5.74) is 3.57. The highest BCUT2D eigenvalue weighted by Gasteiger charge is 2.21. The molecule has 0 spiro atoms. The Balaban J connectivity index is 1.61. The van der Waals surface area contributed by atoms with Gasteiger partial charge in [-0.15, -0.1) is 0 Å². The first-order valence-corrected chi connectivity index (χ1v) is 9.47. The maximum atomic E-state index is 11.2. The Bertz CT molecular complexity index is 781. The first kappa shape index (κ1) is 19.1. The number of benzene rings is 2. The number of ether oxygens (including phenoxy) is 1. The highest BCUT2D eigenvalue weighted by atomic mass is 16.5. The van der Waals surface area contributed by atoms with Crippen LogP contribution in [-0.2, 0) is 4.79 Å². The monoisotopic (exact) mass is 368 g/mol. The largest absolute Gasteiger partial charge is 0.504 e. The van der Waals surface area contributed by atoms with Crippen LogP contribution >= 0.6 is 0 Å². The van der Waals surface area contributed by atoms with E-state index >= 15 is 0 Å². The van der Waals surface area contributed by atoms with Crippen LogP contribution in [0.25, 0.3) is 0 Å². The number of carbonyl (C=O) groups excluding carboxylic acids is 1. The van der Waals surface area contributed by atoms with Crippen LogP contribution in [0.3, 0.4) is 0 Å². The molecule has 1 aliphatic rings. The van der Waals surface area contributed by atoms with Gasteiger partial charge in [0, 0.05) is 31.8 Å². The van der Waals surface area contributed by atoms with Gasteiger partial charge in [0.1, 0.15) is 0 Å². The number of nitrogens with zero attached hydrogens (tertiary/aromatic N) is 1. The summed E-state index contributed by atoms with van der Waals surface area (Å²) in [6.07, 6.45) is 2.17. The lowest BCUT2D eigenvalue weighted by Gasteiger charge is -2.34. The number of rotatable bonds is 5. The minimum absolute atomic E-state index is 0.00944.